The van der Waals surface area contributed by atoms with Gasteiger partial charge in [0.2, 0.25) is 0 Å². The number of nitriles is 1. The molecule has 12 saturated carbocycles. The van der Waals surface area contributed by atoms with E-state index in [9.17, 15) is 25.0 Å². The maximum atomic E-state index is 13.7. The number of nitrogens with one attached hydrogen (secondary N) is 3. The molecule has 9 heterocycles. The monoisotopic (exact) mass is 1500 g/mol. The van der Waals surface area contributed by atoms with Gasteiger partial charge < -0.3 is 45.0 Å². The lowest BCUT2D eigenvalue weighted by Crippen LogP contribution is -2.59. The number of imidazole rings is 3. The van der Waals surface area contributed by atoms with Crippen LogP contribution in [0.5, 0.6) is 0 Å². The lowest BCUT2D eigenvalue weighted by Gasteiger charge is -2.61. The van der Waals surface area contributed by atoms with Crippen molar-refractivity contribution in [3.05, 3.63) is 199 Å². The summed E-state index contributed by atoms with van der Waals surface area (Å²) in [5.41, 5.74) is 16.1. The minimum absolute atomic E-state index is 0.00365. The van der Waals surface area contributed by atoms with Crippen LogP contribution in [0.1, 0.15) is 162 Å². The van der Waals surface area contributed by atoms with E-state index >= 15 is 0 Å². The zero-order valence-corrected chi connectivity index (χ0v) is 63.6. The molecule has 12 fully saturated rings. The molecule has 6 aromatic heterocycles. The maximum absolute atomic E-state index is 13.7. The molecule has 109 heavy (non-hydrogen) atoms. The lowest BCUT2D eigenvalue weighted by atomic mass is 9.46. The summed E-state index contributed by atoms with van der Waals surface area (Å²) >= 11 is 5.03. The number of aliphatic hydroxyl groups is 3. The van der Waals surface area contributed by atoms with Gasteiger partial charge in [-0.25, -0.2) is 34.3 Å². The molecule has 20 heteroatoms. The molecule has 554 valence electrons. The first-order valence-corrected chi connectivity index (χ1v) is 42.6. The summed E-state index contributed by atoms with van der Waals surface area (Å²) in [6.07, 6.45) is 30.7. The molecule has 15 aliphatic rings. The summed E-state index contributed by atoms with van der Waals surface area (Å²) in [5.74, 6) is 5.47. The van der Waals surface area contributed by atoms with Gasteiger partial charge in [-0.05, 0) is 263 Å². The normalized spacial score (nSPS) is 32.3. The van der Waals surface area contributed by atoms with Crippen LogP contribution in [0.2, 0.25) is 0 Å². The number of benzene rings is 6. The molecule has 3 aliphatic heterocycles. The van der Waals surface area contributed by atoms with Gasteiger partial charge in [-0.2, -0.15) is 5.26 Å². The molecular weight excluding hydrogens is 1410 g/mol. The Kier molecular flexibility index (Phi) is 15.8. The highest BCUT2D eigenvalue weighted by Gasteiger charge is 2.62. The van der Waals surface area contributed by atoms with Gasteiger partial charge in [0, 0.05) is 34.8 Å². The van der Waals surface area contributed by atoms with Crippen molar-refractivity contribution in [2.75, 3.05) is 16.0 Å². The second kappa shape index (κ2) is 25.7. The van der Waals surface area contributed by atoms with Crippen molar-refractivity contribution >= 4 is 80.1 Å². The lowest BCUT2D eigenvalue weighted by molar-refractivity contribution is -0.129. The fraction of sp³-hybridized carbons (Fsp3) is 0.449. The Morgan fingerprint density at radius 1 is 0.450 bits per heavy atom. The van der Waals surface area contributed by atoms with Crippen LogP contribution < -0.4 is 16.0 Å². The summed E-state index contributed by atoms with van der Waals surface area (Å²) in [6.45, 7) is 2.15. The topological polar surface area (TPSA) is 213 Å². The highest BCUT2D eigenvalue weighted by Crippen LogP contribution is 2.67. The predicted octanol–water partition coefficient (Wildman–Crippen LogP) is 18.7. The number of nitrogens with zero attached hydrogens (tertiary/aromatic N) is 10. The third-order valence-electron chi connectivity index (χ3n) is 29.5. The number of thiazole rings is 3. The number of aromatic nitrogens is 9. The highest BCUT2D eigenvalue weighted by atomic mass is 32.1. The van der Waals surface area contributed by atoms with Gasteiger partial charge in [0.05, 0.1) is 133 Å². The Morgan fingerprint density at radius 2 is 0.817 bits per heavy atom. The van der Waals surface area contributed by atoms with E-state index in [1.54, 1.807) is 46.1 Å². The van der Waals surface area contributed by atoms with Crippen LogP contribution in [0.25, 0.3) is 64.4 Å². The number of aryl methyl sites for hydroxylation is 1. The fourth-order valence-corrected chi connectivity index (χ4v) is 28.5. The number of anilines is 3. The molecule has 27 rings (SSSR count). The molecule has 0 radical (unpaired) electrons. The Bertz CT molecular complexity index is 5320. The molecule has 12 atom stereocenters. The maximum Gasteiger partial charge on any atom is 0.184 e. The van der Waals surface area contributed by atoms with E-state index in [4.69, 9.17) is 15.0 Å². The van der Waals surface area contributed by atoms with Gasteiger partial charge in [0.25, 0.3) is 0 Å². The van der Waals surface area contributed by atoms with Gasteiger partial charge in [0.15, 0.2) is 15.4 Å². The van der Waals surface area contributed by atoms with Gasteiger partial charge >= 0.3 is 0 Å². The van der Waals surface area contributed by atoms with Crippen molar-refractivity contribution in [3.8, 4) is 39.8 Å². The smallest absolute Gasteiger partial charge is 0.184 e. The molecule has 0 saturated heterocycles. The van der Waals surface area contributed by atoms with Crippen molar-refractivity contribution < 1.29 is 19.7 Å². The first-order chi connectivity index (χ1) is 53.2. The first-order valence-electron chi connectivity index (χ1n) is 40.1. The minimum Gasteiger partial charge on any atom is -0.392 e. The van der Waals surface area contributed by atoms with Gasteiger partial charge in [-0.1, -0.05) is 113 Å². The molecule has 0 spiro atoms. The first kappa shape index (κ1) is 67.2. The Balaban J connectivity index is 0.000000101. The molecule has 12 aliphatic carbocycles. The van der Waals surface area contributed by atoms with Crippen molar-refractivity contribution in [1.29, 1.82) is 5.26 Å². The fourth-order valence-electron chi connectivity index (χ4n) is 25.6. The van der Waals surface area contributed by atoms with Crippen molar-refractivity contribution in [2.24, 2.45) is 69.5 Å². The van der Waals surface area contributed by atoms with Crippen LogP contribution in [-0.2, 0) is 0 Å². The van der Waals surface area contributed by atoms with Gasteiger partial charge in [0.1, 0.15) is 5.82 Å². The average Bonchev–Trinajstić information content (AvgIpc) is 1.51. The molecule has 12 bridgehead atoms. The zero-order chi connectivity index (χ0) is 72.8. The summed E-state index contributed by atoms with van der Waals surface area (Å²) in [5, 5.41) is 59.3. The van der Waals surface area contributed by atoms with E-state index in [0.29, 0.717) is 65.1 Å². The number of rotatable bonds is 15. The van der Waals surface area contributed by atoms with E-state index in [2.05, 4.69) is 149 Å². The Hall–Kier alpha value is -8.68. The summed E-state index contributed by atoms with van der Waals surface area (Å²) in [4.78, 5) is 27.8. The molecular formula is C89H90FN13O3S3. The van der Waals surface area contributed by atoms with E-state index in [-0.39, 0.29) is 58.5 Å². The third-order valence-corrected chi connectivity index (χ3v) is 32.4. The summed E-state index contributed by atoms with van der Waals surface area (Å²) in [7, 11) is 0. The number of hydrogen-bond donors (Lipinski definition) is 6. The zero-order valence-electron chi connectivity index (χ0n) is 61.1. The van der Waals surface area contributed by atoms with Crippen LogP contribution in [0, 0.1) is 93.6 Å². The third kappa shape index (κ3) is 11.2. The summed E-state index contributed by atoms with van der Waals surface area (Å²) in [6, 6.07) is 47.0. The van der Waals surface area contributed by atoms with Gasteiger partial charge in [-0.15, -0.1) is 0 Å². The minimum atomic E-state index is -0.330. The Labute approximate surface area is 645 Å². The molecule has 6 N–H and O–H groups in total. The quantitative estimate of drug-likeness (QED) is 0.0564. The van der Waals surface area contributed by atoms with E-state index in [1.807, 2.05) is 55.8 Å². The highest BCUT2D eigenvalue weighted by molar-refractivity contribution is 7.22. The second-order valence-corrected chi connectivity index (χ2v) is 38.7. The van der Waals surface area contributed by atoms with Crippen molar-refractivity contribution in [2.45, 2.75) is 177 Å². The molecule has 12 aromatic rings. The number of fused-ring (bicyclic) bond motifs is 12. The second-order valence-electron chi connectivity index (χ2n) is 35.6. The predicted molar refractivity (Wildman–Crippen MR) is 428 cm³/mol. The van der Waals surface area contributed by atoms with Crippen LogP contribution in [0.4, 0.5) is 19.8 Å². The SMILES string of the molecule is Cc1ccc2nc(NC3C4CC5CC3CC(C(O)CC3c6ccccc6-c6cncn63)(C5)C4)sc2c1.N#Cc1ccc2sc(NC3C4CC5CC3CC(C(O)CC3c6ccccc6-c6cncn63)(C5)C4)nc2c1.OC(CC1c2ccccc2-c2cncn21)C12CC3CC(C1)C(Nc1nc4ccc(F)cc4s1)C(C3)C2. The number of halogens is 1. The number of hydrogen-bond acceptors (Lipinski definition) is 16. The molecule has 16 nitrogen and oxygen atoms in total. The van der Waals surface area contributed by atoms with E-state index < -0.39 is 0 Å². The molecule has 12 unspecified atom stereocenters. The van der Waals surface area contributed by atoms with Crippen LogP contribution in [-0.4, -0.2) is 95.4 Å². The molecule has 0 amide bonds. The average molecular weight is 1500 g/mol. The van der Waals surface area contributed by atoms with E-state index in [0.717, 1.165) is 130 Å². The molecule has 6 aromatic carbocycles. The van der Waals surface area contributed by atoms with E-state index in [1.165, 1.54) is 106 Å². The van der Waals surface area contributed by atoms with Crippen molar-refractivity contribution in [3.63, 3.8) is 0 Å². The number of aliphatic hydroxyl groups excluding tert-OH is 3. The van der Waals surface area contributed by atoms with Crippen LogP contribution >= 0.6 is 34.0 Å². The largest absolute Gasteiger partial charge is 0.392 e. The standard InChI is InChI=1S/C30H29N5OS.C30H32N4OS.C29H29FN4OS/c31-14-17-5-6-26-23(9-17)33-29(37-26)34-28-19-7-18-8-20(28)13-30(11-18,12-19)27(36)10-24-21-3-1-2-4-22(21)25-15-32-16-35(24)25;1-17-6-7-23-26(8-17)36-29(32-23)33-28-19-9-18-10-20(28)14-30(12-18,13-19)27(35)11-24-21-4-2-3-5-22(21)25-15-31-16-34(24)25;30-19-5-6-22-25(9-19)36-28(32-22)33-27-17-7-16-8-18(27)13-29(11-16,12-17)26(35)10-23-20-3-1-2-4-21(20)24-14-31-15-34(23)24/h1-6,9,15-16,18-20,24,27-28,36H,7-8,10-13H2,(H,33,34);2-8,15-16,18-20,24,27-28,35H,9-14H2,1H3,(H,32,33);1-6,9,14-18,23,26-27,35H,7-8,10-13H2,(H,32,33). The van der Waals surface area contributed by atoms with Crippen molar-refractivity contribution in [1.82, 2.24) is 43.6 Å². The van der Waals surface area contributed by atoms with Gasteiger partial charge in [-0.3, -0.25) is 0 Å². The summed E-state index contributed by atoms with van der Waals surface area (Å²) < 4.78 is 23.8. The van der Waals surface area contributed by atoms with Crippen LogP contribution in [0.15, 0.2) is 165 Å². The van der Waals surface area contributed by atoms with Crippen LogP contribution in [0.3, 0.4) is 0 Å². The Morgan fingerprint density at radius 3 is 1.22 bits per heavy atom.